The number of carbonyl (C=O) groups is 1. The summed E-state index contributed by atoms with van der Waals surface area (Å²) in [6.45, 7) is 1.88. The maximum atomic E-state index is 10.3. The molecule has 0 fully saturated rings. The lowest BCUT2D eigenvalue weighted by Crippen LogP contribution is -1.94. The minimum absolute atomic E-state index is 0.396. The van der Waals surface area contributed by atoms with Crippen LogP contribution in [0.1, 0.15) is 16.1 Å². The van der Waals surface area contributed by atoms with Gasteiger partial charge in [0, 0.05) is 5.56 Å². The molecule has 3 nitrogen and oxygen atoms in total. The Kier molecular flexibility index (Phi) is 2.21. The third-order valence-electron chi connectivity index (χ3n) is 1.39. The molecule has 0 saturated heterocycles. The molecule has 0 unspecified atom stereocenters. The van der Waals surface area contributed by atoms with Gasteiger partial charge in [0.15, 0.2) is 6.29 Å². The fourth-order valence-corrected chi connectivity index (χ4v) is 0.797. The number of nitrogens with zero attached hydrogens (tertiary/aromatic N) is 1. The molecule has 0 aliphatic rings. The van der Waals surface area contributed by atoms with Gasteiger partial charge in [-0.25, -0.2) is 4.98 Å². The second-order valence-electron chi connectivity index (χ2n) is 2.18. The van der Waals surface area contributed by atoms with E-state index >= 15 is 0 Å². The first-order valence-corrected chi connectivity index (χ1v) is 3.24. The first-order valence-electron chi connectivity index (χ1n) is 3.24. The monoisotopic (exact) mass is 151 g/mol. The third-order valence-corrected chi connectivity index (χ3v) is 1.39. The number of carbonyl (C=O) groups excluding carboxylic acids is 1. The van der Waals surface area contributed by atoms with E-state index in [1.807, 2.05) is 6.92 Å². The smallest absolute Gasteiger partial charge is 0.216 e. The van der Waals surface area contributed by atoms with Crippen LogP contribution in [0.2, 0.25) is 0 Å². The molecule has 0 spiro atoms. The van der Waals surface area contributed by atoms with Crippen molar-refractivity contribution in [2.45, 2.75) is 6.92 Å². The first-order chi connectivity index (χ1) is 5.27. The van der Waals surface area contributed by atoms with Gasteiger partial charge in [-0.05, 0) is 13.0 Å². The van der Waals surface area contributed by atoms with Crippen molar-refractivity contribution < 1.29 is 9.53 Å². The predicted octanol–water partition coefficient (Wildman–Crippen LogP) is 1.21. The summed E-state index contributed by atoms with van der Waals surface area (Å²) < 4.78 is 4.92. The van der Waals surface area contributed by atoms with E-state index in [-0.39, 0.29) is 0 Å². The number of rotatable bonds is 2. The maximum Gasteiger partial charge on any atom is 0.216 e. The molecule has 0 bridgehead atoms. The number of ether oxygens (including phenoxy) is 1. The second-order valence-corrected chi connectivity index (χ2v) is 2.18. The van der Waals surface area contributed by atoms with Crippen molar-refractivity contribution in [2.75, 3.05) is 7.11 Å². The highest BCUT2D eigenvalue weighted by Crippen LogP contribution is 2.12. The van der Waals surface area contributed by atoms with Crippen LogP contribution in [-0.2, 0) is 0 Å². The van der Waals surface area contributed by atoms with Crippen LogP contribution >= 0.6 is 0 Å². The Morgan fingerprint density at radius 3 is 2.82 bits per heavy atom. The molecule has 1 heterocycles. The molecule has 1 aromatic rings. The number of aldehydes is 1. The zero-order valence-electron chi connectivity index (χ0n) is 6.50. The molecule has 1 rings (SSSR count). The number of aromatic nitrogens is 1. The SMILES string of the molecule is COc1nc(C=O)ccc1C. The maximum absolute atomic E-state index is 10.3. The fraction of sp³-hybridized carbons (Fsp3) is 0.250. The van der Waals surface area contributed by atoms with Crippen LogP contribution < -0.4 is 4.74 Å². The van der Waals surface area contributed by atoms with Gasteiger partial charge in [-0.1, -0.05) is 6.07 Å². The topological polar surface area (TPSA) is 39.2 Å². The van der Waals surface area contributed by atoms with Crippen molar-refractivity contribution in [1.29, 1.82) is 0 Å². The Balaban J connectivity index is 3.12. The number of aryl methyl sites for hydroxylation is 1. The molecule has 1 aromatic heterocycles. The highest BCUT2D eigenvalue weighted by molar-refractivity contribution is 5.72. The molecular weight excluding hydrogens is 142 g/mol. The highest BCUT2D eigenvalue weighted by atomic mass is 16.5. The lowest BCUT2D eigenvalue weighted by atomic mass is 10.3. The lowest BCUT2D eigenvalue weighted by Gasteiger charge is -2.01. The van der Waals surface area contributed by atoms with Crippen molar-refractivity contribution in [3.63, 3.8) is 0 Å². The van der Waals surface area contributed by atoms with Crippen LogP contribution in [0, 0.1) is 6.92 Å². The van der Waals surface area contributed by atoms with E-state index in [0.29, 0.717) is 17.9 Å². The van der Waals surface area contributed by atoms with Gasteiger partial charge in [0.1, 0.15) is 5.69 Å². The van der Waals surface area contributed by atoms with Gasteiger partial charge < -0.3 is 4.74 Å². The second kappa shape index (κ2) is 3.14. The van der Waals surface area contributed by atoms with E-state index in [9.17, 15) is 4.79 Å². The Hall–Kier alpha value is -1.38. The van der Waals surface area contributed by atoms with Gasteiger partial charge in [0.2, 0.25) is 5.88 Å². The van der Waals surface area contributed by atoms with Crippen LogP contribution in [0.4, 0.5) is 0 Å². The Labute approximate surface area is 65.0 Å². The van der Waals surface area contributed by atoms with E-state index in [1.54, 1.807) is 12.1 Å². The van der Waals surface area contributed by atoms with E-state index in [4.69, 9.17) is 4.74 Å². The van der Waals surface area contributed by atoms with E-state index in [2.05, 4.69) is 4.98 Å². The molecule has 0 amide bonds. The van der Waals surface area contributed by atoms with Gasteiger partial charge >= 0.3 is 0 Å². The summed E-state index contributed by atoms with van der Waals surface area (Å²) in [5.41, 5.74) is 1.32. The van der Waals surface area contributed by atoms with Crippen LogP contribution in [0.15, 0.2) is 12.1 Å². The number of hydrogen-bond donors (Lipinski definition) is 0. The Bertz CT molecular complexity index is 271. The fourth-order valence-electron chi connectivity index (χ4n) is 0.797. The van der Waals surface area contributed by atoms with Gasteiger partial charge in [-0.15, -0.1) is 0 Å². The summed E-state index contributed by atoms with van der Waals surface area (Å²) in [6.07, 6.45) is 0.696. The molecule has 3 heteroatoms. The van der Waals surface area contributed by atoms with E-state index in [1.165, 1.54) is 7.11 Å². The molecule has 0 aromatic carbocycles. The Morgan fingerprint density at radius 1 is 1.55 bits per heavy atom. The average molecular weight is 151 g/mol. The predicted molar refractivity (Wildman–Crippen MR) is 40.9 cm³/mol. The number of hydrogen-bond acceptors (Lipinski definition) is 3. The zero-order chi connectivity index (χ0) is 8.27. The van der Waals surface area contributed by atoms with Crippen LogP contribution in [0.5, 0.6) is 5.88 Å². The van der Waals surface area contributed by atoms with Crippen LogP contribution in [0.3, 0.4) is 0 Å². The van der Waals surface area contributed by atoms with Gasteiger partial charge in [-0.2, -0.15) is 0 Å². The molecule has 0 N–H and O–H groups in total. The van der Waals surface area contributed by atoms with Crippen LogP contribution in [-0.4, -0.2) is 18.4 Å². The van der Waals surface area contributed by atoms with E-state index in [0.717, 1.165) is 5.56 Å². The van der Waals surface area contributed by atoms with Crippen molar-refractivity contribution in [1.82, 2.24) is 4.98 Å². The van der Waals surface area contributed by atoms with Gasteiger partial charge in [0.25, 0.3) is 0 Å². The molecule has 0 saturated carbocycles. The normalized spacial score (nSPS) is 9.27. The first kappa shape index (κ1) is 7.72. The molecule has 0 radical (unpaired) electrons. The summed E-state index contributed by atoms with van der Waals surface area (Å²) in [5.74, 6) is 0.509. The molecule has 0 atom stereocenters. The summed E-state index contributed by atoms with van der Waals surface area (Å²) in [4.78, 5) is 14.2. The molecule has 0 aliphatic heterocycles. The minimum atomic E-state index is 0.396. The standard InChI is InChI=1S/C8H9NO2/c1-6-3-4-7(5-10)9-8(6)11-2/h3-5H,1-2H3. The van der Waals surface area contributed by atoms with Crippen LogP contribution in [0.25, 0.3) is 0 Å². The summed E-state index contributed by atoms with van der Waals surface area (Å²) in [7, 11) is 1.53. The lowest BCUT2D eigenvalue weighted by molar-refractivity contribution is 0.111. The number of pyridine rings is 1. The third kappa shape index (κ3) is 1.55. The molecular formula is C8H9NO2. The molecule has 58 valence electrons. The number of methoxy groups -OCH3 is 1. The van der Waals surface area contributed by atoms with Crippen molar-refractivity contribution in [2.24, 2.45) is 0 Å². The summed E-state index contributed by atoms with van der Waals surface area (Å²) in [6, 6.07) is 3.46. The van der Waals surface area contributed by atoms with Gasteiger partial charge in [-0.3, -0.25) is 4.79 Å². The van der Waals surface area contributed by atoms with Crippen molar-refractivity contribution in [3.8, 4) is 5.88 Å². The Morgan fingerprint density at radius 2 is 2.27 bits per heavy atom. The van der Waals surface area contributed by atoms with Crippen molar-refractivity contribution >= 4 is 6.29 Å². The summed E-state index contributed by atoms with van der Waals surface area (Å²) in [5, 5.41) is 0. The van der Waals surface area contributed by atoms with Gasteiger partial charge in [0.05, 0.1) is 7.11 Å². The average Bonchev–Trinajstić information content (AvgIpc) is 2.05. The quantitative estimate of drug-likeness (QED) is 0.596. The summed E-state index contributed by atoms with van der Waals surface area (Å²) >= 11 is 0. The van der Waals surface area contributed by atoms with Crippen molar-refractivity contribution in [3.05, 3.63) is 23.4 Å². The minimum Gasteiger partial charge on any atom is -0.481 e. The zero-order valence-corrected chi connectivity index (χ0v) is 6.50. The largest absolute Gasteiger partial charge is 0.481 e. The molecule has 11 heavy (non-hydrogen) atoms. The highest BCUT2D eigenvalue weighted by Gasteiger charge is 1.99. The molecule has 0 aliphatic carbocycles. The van der Waals surface area contributed by atoms with E-state index < -0.39 is 0 Å².